The fraction of sp³-hybridized carbons (Fsp3) is 0.385. The van der Waals surface area contributed by atoms with Crippen LogP contribution >= 0.6 is 0 Å². The molecule has 0 aliphatic heterocycles. The fourth-order valence-corrected chi connectivity index (χ4v) is 1.22. The molecule has 2 rings (SSSR count). The first kappa shape index (κ1) is 10.0. The predicted octanol–water partition coefficient (Wildman–Crippen LogP) is 4.03. The summed E-state index contributed by atoms with van der Waals surface area (Å²) >= 11 is 0. The molecule has 0 aromatic carbocycles. The molecule has 0 saturated carbocycles. The van der Waals surface area contributed by atoms with Crippen LogP contribution in [0.1, 0.15) is 27.2 Å². The fourth-order valence-electron chi connectivity index (χ4n) is 1.22. The van der Waals surface area contributed by atoms with Crippen molar-refractivity contribution in [3.05, 3.63) is 48.1 Å². The van der Waals surface area contributed by atoms with Gasteiger partial charge in [0.25, 0.3) is 0 Å². The first-order valence-corrected chi connectivity index (χ1v) is 4.79. The van der Waals surface area contributed by atoms with Crippen molar-refractivity contribution in [2.75, 3.05) is 0 Å². The Morgan fingerprint density at radius 3 is 1.85 bits per heavy atom. The van der Waals surface area contributed by atoms with E-state index < -0.39 is 0 Å². The number of hydrogen-bond acceptors (Lipinski definition) is 0. The van der Waals surface area contributed by atoms with E-state index in [0.717, 1.165) is 0 Å². The lowest BCUT2D eigenvalue weighted by Gasteiger charge is -2.08. The monoisotopic (exact) mass is 174 g/mol. The molecule has 0 bridgehead atoms. The minimum Gasteiger partial charge on any atom is -0.0805 e. The van der Waals surface area contributed by atoms with E-state index in [4.69, 9.17) is 0 Å². The Balaban J connectivity index is 0.000000132. The highest BCUT2D eigenvalue weighted by atomic mass is 14.1. The molecular formula is C13H18. The summed E-state index contributed by atoms with van der Waals surface area (Å²) in [6.07, 6.45) is 16.1. The maximum absolute atomic E-state index is 2.19. The van der Waals surface area contributed by atoms with Crippen molar-refractivity contribution in [3.8, 4) is 0 Å². The lowest BCUT2D eigenvalue weighted by atomic mass is 9.97. The van der Waals surface area contributed by atoms with E-state index in [2.05, 4.69) is 63.3 Å². The van der Waals surface area contributed by atoms with E-state index in [-0.39, 0.29) is 0 Å². The van der Waals surface area contributed by atoms with Crippen molar-refractivity contribution >= 4 is 0 Å². The topological polar surface area (TPSA) is 0 Å². The van der Waals surface area contributed by atoms with Gasteiger partial charge in [0.05, 0.1) is 0 Å². The second-order valence-electron chi connectivity index (χ2n) is 4.18. The lowest BCUT2D eigenvalue weighted by Crippen LogP contribution is -1.97. The molecule has 0 radical (unpaired) electrons. The zero-order chi connectivity index (χ0) is 9.73. The molecule has 0 nitrogen and oxygen atoms in total. The molecule has 0 heterocycles. The summed E-state index contributed by atoms with van der Waals surface area (Å²) in [6.45, 7) is 6.51. The van der Waals surface area contributed by atoms with Gasteiger partial charge in [-0.15, -0.1) is 0 Å². The molecule has 70 valence electrons. The number of allylic oxidation sites excluding steroid dienone is 8. The first-order valence-electron chi connectivity index (χ1n) is 4.79. The minimum atomic E-state index is 0.333. The van der Waals surface area contributed by atoms with Crippen molar-refractivity contribution in [3.63, 3.8) is 0 Å². The normalized spacial score (nSPS) is 21.3. The first-order chi connectivity index (χ1) is 6.10. The van der Waals surface area contributed by atoms with Gasteiger partial charge in [-0.2, -0.15) is 0 Å². The summed E-state index contributed by atoms with van der Waals surface area (Å²) in [5, 5.41) is 0. The largest absolute Gasteiger partial charge is 0.0805 e. The van der Waals surface area contributed by atoms with Crippen LogP contribution in [-0.2, 0) is 0 Å². The van der Waals surface area contributed by atoms with E-state index >= 15 is 0 Å². The highest BCUT2D eigenvalue weighted by Crippen LogP contribution is 2.22. The molecular weight excluding hydrogens is 156 g/mol. The van der Waals surface area contributed by atoms with Gasteiger partial charge in [0.15, 0.2) is 0 Å². The molecule has 0 saturated heterocycles. The summed E-state index contributed by atoms with van der Waals surface area (Å²) in [5.41, 5.74) is 1.80. The van der Waals surface area contributed by atoms with Crippen LogP contribution in [0.4, 0.5) is 0 Å². The van der Waals surface area contributed by atoms with Gasteiger partial charge in [-0.25, -0.2) is 0 Å². The predicted molar refractivity (Wildman–Crippen MR) is 59.6 cm³/mol. The smallest absolute Gasteiger partial charge is 0.00106 e. The molecule has 2 aliphatic carbocycles. The van der Waals surface area contributed by atoms with Crippen molar-refractivity contribution in [1.82, 2.24) is 0 Å². The molecule has 0 N–H and O–H groups in total. The Morgan fingerprint density at radius 2 is 1.69 bits per heavy atom. The molecule has 0 fully saturated rings. The quantitative estimate of drug-likeness (QED) is 0.520. The standard InChI is InChI=1S/C7H10.C6H8/c1-7(2)5-3-4-6-7;1-6-4-2-3-5-6/h3-6H,1-2H3;2-4H,5H2,1H3. The molecule has 0 amide bonds. The van der Waals surface area contributed by atoms with Crippen LogP contribution in [0.5, 0.6) is 0 Å². The van der Waals surface area contributed by atoms with E-state index in [1.54, 1.807) is 0 Å². The summed E-state index contributed by atoms with van der Waals surface area (Å²) < 4.78 is 0. The maximum Gasteiger partial charge on any atom is 0.00106 e. The van der Waals surface area contributed by atoms with Crippen molar-refractivity contribution in [1.29, 1.82) is 0 Å². The Hall–Kier alpha value is -1.04. The third kappa shape index (κ3) is 3.93. The van der Waals surface area contributed by atoms with Gasteiger partial charge in [0, 0.05) is 5.41 Å². The van der Waals surface area contributed by atoms with Gasteiger partial charge in [0.1, 0.15) is 0 Å². The van der Waals surface area contributed by atoms with Crippen molar-refractivity contribution in [2.45, 2.75) is 27.2 Å². The van der Waals surface area contributed by atoms with Gasteiger partial charge in [-0.3, -0.25) is 0 Å². The minimum absolute atomic E-state index is 0.333. The Morgan fingerprint density at radius 1 is 1.08 bits per heavy atom. The van der Waals surface area contributed by atoms with Gasteiger partial charge in [-0.05, 0) is 13.3 Å². The molecule has 0 heteroatoms. The van der Waals surface area contributed by atoms with E-state index in [1.807, 2.05) is 0 Å². The van der Waals surface area contributed by atoms with Crippen LogP contribution in [0.15, 0.2) is 48.1 Å². The third-order valence-electron chi connectivity index (χ3n) is 2.12. The average Bonchev–Trinajstić information content (AvgIpc) is 2.62. The van der Waals surface area contributed by atoms with Crippen LogP contribution in [-0.4, -0.2) is 0 Å². The summed E-state index contributed by atoms with van der Waals surface area (Å²) in [7, 11) is 0. The molecule has 0 aromatic rings. The van der Waals surface area contributed by atoms with Crippen LogP contribution < -0.4 is 0 Å². The molecule has 0 aromatic heterocycles. The summed E-state index contributed by atoms with van der Waals surface area (Å²) in [6, 6.07) is 0. The SMILES string of the molecule is CC1(C)C=CC=C1.CC1=CC=CC1. The average molecular weight is 174 g/mol. The van der Waals surface area contributed by atoms with Crippen LogP contribution in [0.2, 0.25) is 0 Å². The van der Waals surface area contributed by atoms with Gasteiger partial charge < -0.3 is 0 Å². The highest BCUT2D eigenvalue weighted by Gasteiger charge is 2.09. The van der Waals surface area contributed by atoms with Crippen molar-refractivity contribution in [2.24, 2.45) is 5.41 Å². The number of rotatable bonds is 0. The lowest BCUT2D eigenvalue weighted by molar-refractivity contribution is 0.636. The second-order valence-corrected chi connectivity index (χ2v) is 4.18. The van der Waals surface area contributed by atoms with E-state index in [9.17, 15) is 0 Å². The van der Waals surface area contributed by atoms with Crippen LogP contribution in [0, 0.1) is 5.41 Å². The van der Waals surface area contributed by atoms with Gasteiger partial charge >= 0.3 is 0 Å². The van der Waals surface area contributed by atoms with Crippen molar-refractivity contribution < 1.29 is 0 Å². The Labute approximate surface area is 81.4 Å². The van der Waals surface area contributed by atoms with E-state index in [1.165, 1.54) is 12.0 Å². The molecule has 0 unspecified atom stereocenters. The summed E-state index contributed by atoms with van der Waals surface area (Å²) in [4.78, 5) is 0. The molecule has 13 heavy (non-hydrogen) atoms. The number of hydrogen-bond donors (Lipinski definition) is 0. The van der Waals surface area contributed by atoms with Crippen LogP contribution in [0.3, 0.4) is 0 Å². The van der Waals surface area contributed by atoms with Crippen LogP contribution in [0.25, 0.3) is 0 Å². The third-order valence-corrected chi connectivity index (χ3v) is 2.12. The molecule has 2 aliphatic rings. The zero-order valence-electron chi connectivity index (χ0n) is 8.75. The van der Waals surface area contributed by atoms with E-state index in [0.29, 0.717) is 5.41 Å². The molecule has 0 atom stereocenters. The Bertz CT molecular complexity index is 258. The Kier molecular flexibility index (Phi) is 3.30. The second kappa shape index (κ2) is 4.27. The van der Waals surface area contributed by atoms with Gasteiger partial charge in [0.2, 0.25) is 0 Å². The molecule has 0 spiro atoms. The summed E-state index contributed by atoms with van der Waals surface area (Å²) in [5.74, 6) is 0. The van der Waals surface area contributed by atoms with Gasteiger partial charge in [-0.1, -0.05) is 62.0 Å². The maximum atomic E-state index is 2.19. The zero-order valence-corrected chi connectivity index (χ0v) is 8.75. The highest BCUT2D eigenvalue weighted by molar-refractivity contribution is 5.22.